The predicted molar refractivity (Wildman–Crippen MR) is 215 cm³/mol. The highest BCUT2D eigenvalue weighted by Gasteiger charge is 2.69. The Morgan fingerprint density at radius 3 is 2.37 bits per heavy atom. The minimum absolute atomic E-state index is 0.0230. The van der Waals surface area contributed by atoms with E-state index in [0.717, 1.165) is 49.7 Å². The summed E-state index contributed by atoms with van der Waals surface area (Å²) in [5.41, 5.74) is 1.62. The van der Waals surface area contributed by atoms with E-state index in [4.69, 9.17) is 14.2 Å². The van der Waals surface area contributed by atoms with Gasteiger partial charge in [-0.1, -0.05) is 89.6 Å². The van der Waals surface area contributed by atoms with Crippen LogP contribution in [0, 0.1) is 22.7 Å². The maximum absolute atomic E-state index is 15.0. The summed E-state index contributed by atoms with van der Waals surface area (Å²) in [6, 6.07) is 15.5. The summed E-state index contributed by atoms with van der Waals surface area (Å²) in [5.74, 6) is -0.397. The number of carbonyl (C=O) groups is 3. The summed E-state index contributed by atoms with van der Waals surface area (Å²) < 4.78 is 46.8. The van der Waals surface area contributed by atoms with Gasteiger partial charge in [0.2, 0.25) is 15.9 Å². The van der Waals surface area contributed by atoms with Gasteiger partial charge in [0, 0.05) is 13.5 Å². The van der Waals surface area contributed by atoms with E-state index >= 15 is 0 Å². The molecule has 2 aromatic carbocycles. The summed E-state index contributed by atoms with van der Waals surface area (Å²) in [4.78, 5) is 44.0. The van der Waals surface area contributed by atoms with Gasteiger partial charge in [-0.05, 0) is 96.3 Å². The number of carbonyl (C=O) groups excluding carboxylic acids is 3. The summed E-state index contributed by atoms with van der Waals surface area (Å²) in [6.07, 6.45) is 6.16. The number of epoxide rings is 1. The summed E-state index contributed by atoms with van der Waals surface area (Å²) >= 11 is 0. The van der Waals surface area contributed by atoms with E-state index in [1.165, 1.54) is 11.1 Å². The lowest BCUT2D eigenvalue weighted by atomic mass is 9.85. The third-order valence-corrected chi connectivity index (χ3v) is 15.2. The van der Waals surface area contributed by atoms with Gasteiger partial charge in [-0.25, -0.2) is 13.2 Å². The van der Waals surface area contributed by atoms with Gasteiger partial charge in [-0.15, -0.1) is 0 Å². The fourth-order valence-corrected chi connectivity index (χ4v) is 10.8. The largest absolute Gasteiger partial charge is 0.449 e. The molecule has 4 bridgehead atoms. The second-order valence-electron chi connectivity index (χ2n) is 19.5. The lowest BCUT2D eigenvalue weighted by Gasteiger charge is -2.36. The highest BCUT2D eigenvalue weighted by Crippen LogP contribution is 2.58. The summed E-state index contributed by atoms with van der Waals surface area (Å²) in [5, 5.41) is 5.90. The molecule has 2 saturated heterocycles. The van der Waals surface area contributed by atoms with E-state index in [-0.39, 0.29) is 30.4 Å². The molecule has 2 aromatic rings. The van der Waals surface area contributed by atoms with Gasteiger partial charge in [0.05, 0.1) is 24.4 Å². The van der Waals surface area contributed by atoms with Crippen molar-refractivity contribution in [3.63, 3.8) is 0 Å². The molecule has 0 spiro atoms. The van der Waals surface area contributed by atoms with E-state index in [9.17, 15) is 22.8 Å². The van der Waals surface area contributed by atoms with Crippen molar-refractivity contribution >= 4 is 27.9 Å². The number of sulfonamides is 1. The number of alkyl carbamates (subject to hydrolysis) is 1. The van der Waals surface area contributed by atoms with Gasteiger partial charge in [0.25, 0.3) is 5.91 Å². The number of ether oxygens (including phenoxy) is 3. The number of hydrogen-bond donors (Lipinski definition) is 3. The summed E-state index contributed by atoms with van der Waals surface area (Å²) in [6.45, 7) is 10.4. The Labute approximate surface area is 337 Å². The molecular weight excluding hydrogens is 745 g/mol. The molecule has 4 heterocycles. The average Bonchev–Trinajstić information content (AvgIpc) is 3.96. The minimum atomic E-state index is -3.74. The maximum Gasteiger partial charge on any atom is 0.407 e. The average molecular weight is 805 g/mol. The van der Waals surface area contributed by atoms with Crippen LogP contribution >= 0.6 is 0 Å². The van der Waals surface area contributed by atoms with E-state index < -0.39 is 68.2 Å². The molecule has 4 aliphatic heterocycles. The number of nitrogens with one attached hydrogen (secondary N) is 3. The van der Waals surface area contributed by atoms with Gasteiger partial charge in [0.15, 0.2) is 0 Å². The Hall–Kier alpha value is -3.52. The normalized spacial score (nSPS) is 33.2. The molecule has 7 unspecified atom stereocenters. The molecule has 0 radical (unpaired) electrons. The van der Waals surface area contributed by atoms with E-state index in [1.807, 2.05) is 20.8 Å². The maximum atomic E-state index is 15.0. The van der Waals surface area contributed by atoms with Crippen molar-refractivity contribution < 1.29 is 37.0 Å². The van der Waals surface area contributed by atoms with Crippen molar-refractivity contribution in [1.29, 1.82) is 0 Å². The monoisotopic (exact) mass is 804 g/mol. The van der Waals surface area contributed by atoms with Crippen LogP contribution in [0.5, 0.6) is 0 Å². The zero-order valence-electron chi connectivity index (χ0n) is 34.3. The van der Waals surface area contributed by atoms with Crippen LogP contribution in [-0.2, 0) is 45.8 Å². The molecule has 310 valence electrons. The molecule has 3 amide bonds. The quantitative estimate of drug-likeness (QED) is 0.282. The lowest BCUT2D eigenvalue weighted by Crippen LogP contribution is -2.57. The third kappa shape index (κ3) is 8.23. The zero-order valence-corrected chi connectivity index (χ0v) is 35.1. The van der Waals surface area contributed by atoms with Crippen molar-refractivity contribution in [1.82, 2.24) is 20.3 Å². The molecule has 5 fully saturated rings. The topological polar surface area (TPSA) is 156 Å². The van der Waals surface area contributed by atoms with Crippen molar-refractivity contribution in [3.8, 4) is 11.1 Å². The third-order valence-electron chi connectivity index (χ3n) is 13.4. The molecule has 57 heavy (non-hydrogen) atoms. The molecule has 0 aromatic heterocycles. The standard InChI is InChI=1S/C44H60N4O8S/c1-41(2,3)36-38(49)48-25-43(54-6,24-34(48)35-37(56-35)46-44(23-33(44)29-14-15-29)39(50)47-57(52,53)31-20-21-31)30-18-16-28(17-19-30)32-13-8-7-11-27(32)12-9-10-22-42(4,5)26-55-40(51)45-36/h7-8,11,13,16-19,29,31,33-37,46H,9-10,12,14-15,20-26H2,1-6H3,(H,45,51)(H,47,50). The number of hydrogen-bond acceptors (Lipinski definition) is 9. The van der Waals surface area contributed by atoms with Crippen LogP contribution in [0.1, 0.15) is 104 Å². The highest BCUT2D eigenvalue weighted by molar-refractivity contribution is 7.91. The molecular formula is C44H60N4O8S. The Bertz CT molecular complexity index is 1990. The minimum Gasteiger partial charge on any atom is -0.449 e. The number of methoxy groups -OCH3 is 1. The van der Waals surface area contributed by atoms with E-state index in [0.29, 0.717) is 31.6 Å². The van der Waals surface area contributed by atoms with Gasteiger partial charge in [0.1, 0.15) is 29.5 Å². The Morgan fingerprint density at radius 1 is 0.982 bits per heavy atom. The second kappa shape index (κ2) is 14.6. The zero-order chi connectivity index (χ0) is 40.5. The number of amides is 3. The number of aryl methyl sites for hydroxylation is 1. The van der Waals surface area contributed by atoms with Crippen LogP contribution in [0.15, 0.2) is 48.5 Å². The van der Waals surface area contributed by atoms with Gasteiger partial charge < -0.3 is 24.4 Å². The van der Waals surface area contributed by atoms with E-state index in [2.05, 4.69) is 77.7 Å². The van der Waals surface area contributed by atoms with Crippen LogP contribution in [-0.4, -0.2) is 86.7 Å². The van der Waals surface area contributed by atoms with Crippen LogP contribution in [0.3, 0.4) is 0 Å². The molecule has 7 atom stereocenters. The fourth-order valence-electron chi connectivity index (χ4n) is 9.43. The highest BCUT2D eigenvalue weighted by atomic mass is 32.2. The fraction of sp³-hybridized carbons (Fsp3) is 0.659. The van der Waals surface area contributed by atoms with E-state index in [1.54, 1.807) is 12.0 Å². The van der Waals surface area contributed by atoms with Crippen molar-refractivity contribution in [2.24, 2.45) is 22.7 Å². The van der Waals surface area contributed by atoms with Crippen LogP contribution in [0.25, 0.3) is 11.1 Å². The van der Waals surface area contributed by atoms with Crippen LogP contribution in [0.2, 0.25) is 0 Å². The number of nitrogens with zero attached hydrogens (tertiary/aromatic N) is 1. The molecule has 9 rings (SSSR count). The summed E-state index contributed by atoms with van der Waals surface area (Å²) in [7, 11) is -2.07. The first-order valence-electron chi connectivity index (χ1n) is 20.9. The molecule has 3 saturated carbocycles. The number of benzene rings is 2. The first-order chi connectivity index (χ1) is 27.0. The Balaban J connectivity index is 1.11. The van der Waals surface area contributed by atoms with Crippen molar-refractivity contribution in [3.05, 3.63) is 59.7 Å². The van der Waals surface area contributed by atoms with Crippen LogP contribution < -0.4 is 15.4 Å². The van der Waals surface area contributed by atoms with Gasteiger partial charge in [-0.2, -0.15) is 0 Å². The first-order valence-corrected chi connectivity index (χ1v) is 22.5. The molecule has 13 heteroatoms. The smallest absolute Gasteiger partial charge is 0.407 e. The number of rotatable bonds is 8. The van der Waals surface area contributed by atoms with Crippen molar-refractivity contribution in [2.45, 2.75) is 140 Å². The van der Waals surface area contributed by atoms with Gasteiger partial charge >= 0.3 is 6.09 Å². The second-order valence-corrected chi connectivity index (χ2v) is 21.5. The van der Waals surface area contributed by atoms with Crippen molar-refractivity contribution in [2.75, 3.05) is 20.3 Å². The molecule has 3 N–H and O–H groups in total. The molecule has 7 aliphatic rings. The Kier molecular flexibility index (Phi) is 10.3. The predicted octanol–water partition coefficient (Wildman–Crippen LogP) is 5.78. The lowest BCUT2D eigenvalue weighted by molar-refractivity contribution is -0.138. The molecule has 3 aliphatic carbocycles. The van der Waals surface area contributed by atoms with Gasteiger partial charge in [-0.3, -0.25) is 19.6 Å². The first kappa shape index (κ1) is 40.3. The Morgan fingerprint density at radius 2 is 1.70 bits per heavy atom. The molecule has 12 nitrogen and oxygen atoms in total. The number of fused-ring (bicyclic) bond motifs is 12. The SMILES string of the molecule is COC12CC(C3OC3NC3(C(=O)NS(=O)(=O)C4CC4)CC3C3CC3)N(C1)C(=O)C(C(C)(C)C)NC(=O)OCC(C)(C)CCCCc1ccccc1-c1ccc2cc1. The van der Waals surface area contributed by atoms with Crippen LogP contribution in [0.4, 0.5) is 4.79 Å².